The van der Waals surface area contributed by atoms with E-state index >= 15 is 0 Å². The molecule has 56 heavy (non-hydrogen) atoms. The third kappa shape index (κ3) is 10.5. The SMILES string of the molecule is N#Cc1ccc(OC2CCC(NC(=O)c3ccc(NCCCCCCCCCCNc4ccc5c(c4)C(=O)N(C4CCC(=O)NC4=O)C5=O)cc3)CC2)cc1Cl. The fourth-order valence-electron chi connectivity index (χ4n) is 7.54. The number of amides is 5. The van der Waals surface area contributed by atoms with E-state index < -0.39 is 29.7 Å². The van der Waals surface area contributed by atoms with E-state index in [1.54, 1.807) is 36.4 Å². The highest BCUT2D eigenvalue weighted by atomic mass is 35.5. The Labute approximate surface area is 332 Å². The van der Waals surface area contributed by atoms with Crippen LogP contribution in [-0.4, -0.2) is 65.7 Å². The van der Waals surface area contributed by atoms with Crippen molar-refractivity contribution in [2.24, 2.45) is 0 Å². The summed E-state index contributed by atoms with van der Waals surface area (Å²) in [5.41, 5.74) is 3.40. The number of nitriles is 1. The summed E-state index contributed by atoms with van der Waals surface area (Å²) in [6.45, 7) is 1.64. The Balaban J connectivity index is 0.775. The van der Waals surface area contributed by atoms with Crippen molar-refractivity contribution in [3.8, 4) is 11.8 Å². The minimum atomic E-state index is -0.963. The van der Waals surface area contributed by atoms with E-state index in [2.05, 4.69) is 27.3 Å². The lowest BCUT2D eigenvalue weighted by Gasteiger charge is -2.29. The number of carbonyl (C=O) groups is 5. The minimum absolute atomic E-state index is 0.0538. The van der Waals surface area contributed by atoms with Crippen LogP contribution in [0.4, 0.5) is 11.4 Å². The maximum absolute atomic E-state index is 13.0. The number of hydrogen-bond donors (Lipinski definition) is 4. The van der Waals surface area contributed by atoms with E-state index in [0.29, 0.717) is 21.9 Å². The first-order chi connectivity index (χ1) is 27.2. The summed E-state index contributed by atoms with van der Waals surface area (Å²) in [5.74, 6) is -1.40. The first kappa shape index (κ1) is 40.3. The fourth-order valence-corrected chi connectivity index (χ4v) is 7.76. The molecule has 6 rings (SSSR count). The average Bonchev–Trinajstić information content (AvgIpc) is 3.44. The number of imide groups is 2. The lowest BCUT2D eigenvalue weighted by Crippen LogP contribution is -2.54. The van der Waals surface area contributed by atoms with Crippen molar-refractivity contribution in [1.29, 1.82) is 5.26 Å². The van der Waals surface area contributed by atoms with Crippen LogP contribution in [0.15, 0.2) is 60.7 Å². The maximum Gasteiger partial charge on any atom is 0.262 e. The van der Waals surface area contributed by atoms with E-state index in [-0.39, 0.29) is 42.0 Å². The second-order valence-corrected chi connectivity index (χ2v) is 15.2. The van der Waals surface area contributed by atoms with Gasteiger partial charge in [0.25, 0.3) is 17.7 Å². The molecule has 1 unspecified atom stereocenters. The highest BCUT2D eigenvalue weighted by Crippen LogP contribution is 2.30. The van der Waals surface area contributed by atoms with Gasteiger partial charge in [0.2, 0.25) is 11.8 Å². The molecular formula is C43H49ClN6O6. The molecule has 0 radical (unpaired) electrons. The molecule has 2 aliphatic heterocycles. The van der Waals surface area contributed by atoms with E-state index in [1.807, 2.05) is 24.3 Å². The van der Waals surface area contributed by atoms with Crippen molar-refractivity contribution in [1.82, 2.24) is 15.5 Å². The highest BCUT2D eigenvalue weighted by Gasteiger charge is 2.44. The van der Waals surface area contributed by atoms with Gasteiger partial charge in [-0.1, -0.05) is 50.1 Å². The van der Waals surface area contributed by atoms with E-state index in [4.69, 9.17) is 21.6 Å². The summed E-state index contributed by atoms with van der Waals surface area (Å²) >= 11 is 6.13. The molecule has 2 heterocycles. The Morgan fingerprint density at radius 3 is 2.04 bits per heavy atom. The zero-order valence-corrected chi connectivity index (χ0v) is 32.3. The number of hydrogen-bond acceptors (Lipinski definition) is 9. The summed E-state index contributed by atoms with van der Waals surface area (Å²) in [5, 5.41) is 21.6. The van der Waals surface area contributed by atoms with Gasteiger partial charge in [-0.05, 0) is 99.5 Å². The van der Waals surface area contributed by atoms with Crippen molar-refractivity contribution in [2.45, 2.75) is 108 Å². The van der Waals surface area contributed by atoms with E-state index in [9.17, 15) is 24.0 Å². The molecular weight excluding hydrogens is 732 g/mol. The van der Waals surface area contributed by atoms with Crippen LogP contribution in [0.5, 0.6) is 5.75 Å². The molecule has 4 N–H and O–H groups in total. The number of anilines is 2. The van der Waals surface area contributed by atoms with Crippen LogP contribution in [0.25, 0.3) is 0 Å². The number of halogens is 1. The molecule has 294 valence electrons. The Morgan fingerprint density at radius 1 is 0.768 bits per heavy atom. The number of benzene rings is 3. The largest absolute Gasteiger partial charge is 0.490 e. The van der Waals surface area contributed by atoms with Crippen molar-refractivity contribution >= 4 is 52.5 Å². The van der Waals surface area contributed by atoms with Crippen LogP contribution >= 0.6 is 11.6 Å². The van der Waals surface area contributed by atoms with Gasteiger partial charge < -0.3 is 20.7 Å². The molecule has 1 aliphatic carbocycles. The van der Waals surface area contributed by atoms with Crippen LogP contribution < -0.4 is 26.0 Å². The molecule has 0 bridgehead atoms. The van der Waals surface area contributed by atoms with Gasteiger partial charge in [0.1, 0.15) is 17.9 Å². The van der Waals surface area contributed by atoms with Crippen molar-refractivity contribution in [3.05, 3.63) is 87.9 Å². The van der Waals surface area contributed by atoms with Crippen molar-refractivity contribution in [3.63, 3.8) is 0 Å². The standard InChI is InChI=1S/C43H49ClN6O6/c44-37-26-34(17-11-29(37)27-45)56-33-18-14-31(15-19-33)48-40(52)28-9-12-30(13-10-28)46-23-7-5-3-1-2-4-6-8-24-47-32-16-20-35-36(25-32)43(55)50(42(35)54)38-21-22-39(51)49-41(38)53/h9-13,16-17,20,25-26,31,33,38,46-47H,1-8,14-15,18-19,21-24H2,(H,48,52)(H,49,51,53). The molecule has 0 aromatic heterocycles. The summed E-state index contributed by atoms with van der Waals surface area (Å²) < 4.78 is 6.07. The van der Waals surface area contributed by atoms with E-state index in [1.165, 1.54) is 19.3 Å². The van der Waals surface area contributed by atoms with Gasteiger partial charge in [0, 0.05) is 48.6 Å². The monoisotopic (exact) mass is 780 g/mol. The zero-order chi connectivity index (χ0) is 39.4. The number of rotatable bonds is 18. The zero-order valence-electron chi connectivity index (χ0n) is 31.5. The predicted octanol–water partition coefficient (Wildman–Crippen LogP) is 7.38. The quantitative estimate of drug-likeness (QED) is 0.0760. The molecule has 0 spiro atoms. The molecule has 1 saturated heterocycles. The van der Waals surface area contributed by atoms with Gasteiger partial charge in [0.15, 0.2) is 0 Å². The van der Waals surface area contributed by atoms with Gasteiger partial charge in [-0.3, -0.25) is 34.2 Å². The lowest BCUT2D eigenvalue weighted by atomic mass is 9.92. The third-order valence-electron chi connectivity index (χ3n) is 10.7. The number of ether oxygens (including phenoxy) is 1. The molecule has 3 aromatic rings. The van der Waals surface area contributed by atoms with Crippen LogP contribution in [0.1, 0.15) is 127 Å². The third-order valence-corrected chi connectivity index (χ3v) is 11.0. The number of unbranched alkanes of at least 4 members (excludes halogenated alkanes) is 7. The first-order valence-corrected chi connectivity index (χ1v) is 20.2. The second-order valence-electron chi connectivity index (χ2n) is 14.8. The Bertz CT molecular complexity index is 1950. The Morgan fingerprint density at radius 2 is 1.39 bits per heavy atom. The normalized spacial score (nSPS) is 19.2. The highest BCUT2D eigenvalue weighted by molar-refractivity contribution is 6.31. The molecule has 12 nitrogen and oxygen atoms in total. The number of carbonyl (C=O) groups excluding carboxylic acids is 5. The van der Waals surface area contributed by atoms with Gasteiger partial charge in [-0.2, -0.15) is 5.26 Å². The van der Waals surface area contributed by atoms with Crippen LogP contribution in [0.3, 0.4) is 0 Å². The molecule has 13 heteroatoms. The van der Waals surface area contributed by atoms with Gasteiger partial charge in [-0.15, -0.1) is 0 Å². The molecule has 3 aliphatic rings. The lowest BCUT2D eigenvalue weighted by molar-refractivity contribution is -0.136. The summed E-state index contributed by atoms with van der Waals surface area (Å²) in [4.78, 5) is 63.6. The summed E-state index contributed by atoms with van der Waals surface area (Å²) in [6.07, 6.45) is 12.7. The van der Waals surface area contributed by atoms with Gasteiger partial charge in [0.05, 0.1) is 27.8 Å². The summed E-state index contributed by atoms with van der Waals surface area (Å²) in [7, 11) is 0. The first-order valence-electron chi connectivity index (χ1n) is 19.8. The van der Waals surface area contributed by atoms with E-state index in [0.717, 1.165) is 87.2 Å². The molecule has 5 amide bonds. The Kier molecular flexibility index (Phi) is 14.0. The molecule has 3 aromatic carbocycles. The van der Waals surface area contributed by atoms with Crippen LogP contribution in [0.2, 0.25) is 5.02 Å². The van der Waals surface area contributed by atoms with Crippen molar-refractivity contribution in [2.75, 3.05) is 23.7 Å². The molecule has 1 saturated carbocycles. The molecule has 1 atom stereocenters. The predicted molar refractivity (Wildman–Crippen MR) is 214 cm³/mol. The Hall–Kier alpha value is -5.41. The second kappa shape index (κ2) is 19.4. The maximum atomic E-state index is 13.0. The van der Waals surface area contributed by atoms with Crippen molar-refractivity contribution < 1.29 is 28.7 Å². The number of nitrogens with zero attached hydrogens (tertiary/aromatic N) is 2. The number of nitrogens with one attached hydrogen (secondary N) is 4. The smallest absolute Gasteiger partial charge is 0.262 e. The van der Waals surface area contributed by atoms with Crippen LogP contribution in [0, 0.1) is 11.3 Å². The van der Waals surface area contributed by atoms with Gasteiger partial charge in [-0.25, -0.2) is 0 Å². The summed E-state index contributed by atoms with van der Waals surface area (Å²) in [6, 6.07) is 19.0. The molecule has 2 fully saturated rings. The van der Waals surface area contributed by atoms with Gasteiger partial charge >= 0.3 is 0 Å². The average molecular weight is 781 g/mol. The topological polar surface area (TPSA) is 170 Å². The fraction of sp³-hybridized carbons (Fsp3) is 0.442. The van der Waals surface area contributed by atoms with Crippen LogP contribution in [-0.2, 0) is 9.59 Å². The number of fused-ring (bicyclic) bond motifs is 1. The minimum Gasteiger partial charge on any atom is -0.490 e. The number of piperidine rings is 1.